The molecule has 1 aliphatic heterocycles. The van der Waals surface area contributed by atoms with Gasteiger partial charge in [-0.3, -0.25) is 9.36 Å². The predicted octanol–water partition coefficient (Wildman–Crippen LogP) is 3.70. The highest BCUT2D eigenvalue weighted by atomic mass is 32.2. The summed E-state index contributed by atoms with van der Waals surface area (Å²) >= 11 is 0. The fourth-order valence-corrected chi connectivity index (χ4v) is 5.67. The third-order valence-corrected chi connectivity index (χ3v) is 7.95. The van der Waals surface area contributed by atoms with Gasteiger partial charge in [-0.2, -0.15) is 4.31 Å². The minimum atomic E-state index is -3.74. The number of sulfonamides is 1. The minimum absolute atomic E-state index is 0.0521. The molecular weight excluding hydrogens is 455 g/mol. The van der Waals surface area contributed by atoms with E-state index in [-0.39, 0.29) is 23.9 Å². The molecule has 4 aromatic rings. The lowest BCUT2D eigenvalue weighted by atomic mass is 10.1. The highest BCUT2D eigenvalue weighted by molar-refractivity contribution is 7.89. The summed E-state index contributed by atoms with van der Waals surface area (Å²) in [6.45, 7) is 1.23. The van der Waals surface area contributed by atoms with Crippen molar-refractivity contribution < 1.29 is 17.6 Å². The third kappa shape index (κ3) is 4.20. The first-order valence-electron chi connectivity index (χ1n) is 11.0. The maximum atomic E-state index is 13.2. The van der Waals surface area contributed by atoms with Gasteiger partial charge in [-0.15, -0.1) is 0 Å². The highest BCUT2D eigenvalue weighted by Crippen LogP contribution is 2.21. The van der Waals surface area contributed by atoms with Gasteiger partial charge in [0, 0.05) is 37.4 Å². The van der Waals surface area contributed by atoms with E-state index in [1.165, 1.54) is 16.4 Å². The van der Waals surface area contributed by atoms with Crippen LogP contribution in [0.5, 0.6) is 0 Å². The van der Waals surface area contributed by atoms with Crippen molar-refractivity contribution in [1.82, 2.24) is 18.8 Å². The van der Waals surface area contributed by atoms with Crippen molar-refractivity contribution in [3.8, 4) is 5.69 Å². The number of fused-ring (bicyclic) bond motifs is 1. The molecular formula is C25H23FN4O3S. The SMILES string of the molecule is O=C(c1ccc(-n2cnc3ccccc32)cc1)N1CCCN(S(=O)(=O)c2ccc(F)cc2)CC1. The second-order valence-electron chi connectivity index (χ2n) is 8.15. The van der Waals surface area contributed by atoms with E-state index in [1.54, 1.807) is 23.4 Å². The van der Waals surface area contributed by atoms with Gasteiger partial charge < -0.3 is 4.90 Å². The molecule has 7 nitrogen and oxygen atoms in total. The van der Waals surface area contributed by atoms with Crippen LogP contribution in [-0.4, -0.2) is 59.3 Å². The van der Waals surface area contributed by atoms with Gasteiger partial charge in [-0.25, -0.2) is 17.8 Å². The Morgan fingerprint density at radius 1 is 0.853 bits per heavy atom. The standard InChI is InChI=1S/C25H23FN4O3S/c26-20-8-12-22(13-9-20)34(32,33)29-15-3-14-28(16-17-29)25(31)19-6-10-21(11-7-19)30-18-27-23-4-1-2-5-24(23)30/h1-2,4-13,18H,3,14-17H2. The van der Waals surface area contributed by atoms with Crippen LogP contribution in [0.3, 0.4) is 0 Å². The summed E-state index contributed by atoms with van der Waals surface area (Å²) in [7, 11) is -3.74. The van der Waals surface area contributed by atoms with Crippen molar-refractivity contribution in [2.24, 2.45) is 0 Å². The predicted molar refractivity (Wildman–Crippen MR) is 127 cm³/mol. The number of hydrogen-bond acceptors (Lipinski definition) is 4. The molecule has 3 aromatic carbocycles. The fourth-order valence-electron chi connectivity index (χ4n) is 4.20. The van der Waals surface area contributed by atoms with Gasteiger partial charge in [0.1, 0.15) is 12.1 Å². The Morgan fingerprint density at radius 3 is 2.35 bits per heavy atom. The fraction of sp³-hybridized carbons (Fsp3) is 0.200. The number of carbonyl (C=O) groups excluding carboxylic acids is 1. The molecule has 174 valence electrons. The number of rotatable bonds is 4. The minimum Gasteiger partial charge on any atom is -0.337 e. The second kappa shape index (κ2) is 9.00. The zero-order valence-electron chi connectivity index (χ0n) is 18.3. The van der Waals surface area contributed by atoms with Gasteiger partial charge in [0.2, 0.25) is 10.0 Å². The molecule has 1 aliphatic rings. The first-order chi connectivity index (χ1) is 16.4. The smallest absolute Gasteiger partial charge is 0.253 e. The summed E-state index contributed by atoms with van der Waals surface area (Å²) in [6, 6.07) is 20.0. The molecule has 0 aliphatic carbocycles. The molecule has 1 aromatic heterocycles. The summed E-state index contributed by atoms with van der Waals surface area (Å²) in [4.78, 5) is 19.3. The van der Waals surface area contributed by atoms with Crippen molar-refractivity contribution >= 4 is 27.0 Å². The van der Waals surface area contributed by atoms with E-state index in [4.69, 9.17) is 0 Å². The molecule has 0 spiro atoms. The average molecular weight is 479 g/mol. The Hall–Kier alpha value is -3.56. The number of halogens is 1. The van der Waals surface area contributed by atoms with Crippen molar-refractivity contribution in [2.45, 2.75) is 11.3 Å². The van der Waals surface area contributed by atoms with Gasteiger partial charge >= 0.3 is 0 Å². The molecule has 0 saturated carbocycles. The topological polar surface area (TPSA) is 75.5 Å². The summed E-state index contributed by atoms with van der Waals surface area (Å²) in [5.74, 6) is -0.623. The highest BCUT2D eigenvalue weighted by Gasteiger charge is 2.28. The third-order valence-electron chi connectivity index (χ3n) is 6.04. The lowest BCUT2D eigenvalue weighted by molar-refractivity contribution is 0.0764. The number of nitrogens with zero attached hydrogens (tertiary/aromatic N) is 4. The van der Waals surface area contributed by atoms with Crippen molar-refractivity contribution in [3.63, 3.8) is 0 Å². The van der Waals surface area contributed by atoms with Crippen molar-refractivity contribution in [1.29, 1.82) is 0 Å². The lowest BCUT2D eigenvalue weighted by Crippen LogP contribution is -2.37. The maximum Gasteiger partial charge on any atom is 0.253 e. The van der Waals surface area contributed by atoms with E-state index >= 15 is 0 Å². The van der Waals surface area contributed by atoms with E-state index in [2.05, 4.69) is 4.98 Å². The molecule has 0 unspecified atom stereocenters. The summed E-state index contributed by atoms with van der Waals surface area (Å²) in [5.41, 5.74) is 3.32. The molecule has 1 amide bonds. The van der Waals surface area contributed by atoms with Gasteiger partial charge in [0.15, 0.2) is 0 Å². The summed E-state index contributed by atoms with van der Waals surface area (Å²) < 4.78 is 42.4. The molecule has 0 atom stereocenters. The monoisotopic (exact) mass is 478 g/mol. The Balaban J connectivity index is 1.29. The van der Waals surface area contributed by atoms with E-state index in [1.807, 2.05) is 41.0 Å². The van der Waals surface area contributed by atoms with E-state index < -0.39 is 15.8 Å². The van der Waals surface area contributed by atoms with Crippen LogP contribution in [0.4, 0.5) is 4.39 Å². The molecule has 9 heteroatoms. The van der Waals surface area contributed by atoms with Crippen LogP contribution < -0.4 is 0 Å². The number of imidazole rings is 1. The second-order valence-corrected chi connectivity index (χ2v) is 10.1. The van der Waals surface area contributed by atoms with Crippen LogP contribution in [0.1, 0.15) is 16.8 Å². The summed E-state index contributed by atoms with van der Waals surface area (Å²) in [5, 5.41) is 0. The zero-order chi connectivity index (χ0) is 23.7. The van der Waals surface area contributed by atoms with E-state index in [9.17, 15) is 17.6 Å². The Morgan fingerprint density at radius 2 is 1.59 bits per heavy atom. The van der Waals surface area contributed by atoms with Gasteiger partial charge in [0.05, 0.1) is 15.9 Å². The number of carbonyl (C=O) groups is 1. The lowest BCUT2D eigenvalue weighted by Gasteiger charge is -2.22. The summed E-state index contributed by atoms with van der Waals surface area (Å²) in [6.07, 6.45) is 2.28. The van der Waals surface area contributed by atoms with E-state index in [0.29, 0.717) is 25.1 Å². The van der Waals surface area contributed by atoms with Crippen LogP contribution in [0.15, 0.2) is 84.0 Å². The molecule has 2 heterocycles. The van der Waals surface area contributed by atoms with Crippen LogP contribution in [0.25, 0.3) is 16.7 Å². The normalized spacial score (nSPS) is 15.4. The number of benzene rings is 3. The van der Waals surface area contributed by atoms with Gasteiger partial charge in [-0.05, 0) is 67.1 Å². The molecule has 1 fully saturated rings. The molecule has 0 bridgehead atoms. The Bertz CT molecular complexity index is 1430. The first kappa shape index (κ1) is 22.2. The van der Waals surface area contributed by atoms with Gasteiger partial charge in [-0.1, -0.05) is 12.1 Å². The largest absolute Gasteiger partial charge is 0.337 e. The molecule has 1 saturated heterocycles. The zero-order valence-corrected chi connectivity index (χ0v) is 19.2. The average Bonchev–Trinajstić information content (AvgIpc) is 3.12. The van der Waals surface area contributed by atoms with Crippen molar-refractivity contribution in [3.05, 3.63) is 90.5 Å². The molecule has 34 heavy (non-hydrogen) atoms. The van der Waals surface area contributed by atoms with Gasteiger partial charge in [0.25, 0.3) is 5.91 Å². The maximum absolute atomic E-state index is 13.2. The van der Waals surface area contributed by atoms with Crippen LogP contribution in [0.2, 0.25) is 0 Å². The van der Waals surface area contributed by atoms with E-state index in [0.717, 1.165) is 28.9 Å². The number of amides is 1. The number of aromatic nitrogens is 2. The Labute approximate surface area is 197 Å². The molecule has 5 rings (SSSR count). The van der Waals surface area contributed by atoms with Crippen LogP contribution in [0, 0.1) is 5.82 Å². The van der Waals surface area contributed by atoms with Crippen LogP contribution in [-0.2, 0) is 10.0 Å². The first-order valence-corrected chi connectivity index (χ1v) is 12.4. The van der Waals surface area contributed by atoms with Crippen LogP contribution >= 0.6 is 0 Å². The molecule has 0 N–H and O–H groups in total. The molecule has 0 radical (unpaired) electrons. The number of hydrogen-bond donors (Lipinski definition) is 0. The quantitative estimate of drug-likeness (QED) is 0.448. The Kier molecular flexibility index (Phi) is 5.89. The number of para-hydroxylation sites is 2. The van der Waals surface area contributed by atoms with Crippen molar-refractivity contribution in [2.75, 3.05) is 26.2 Å².